The second-order valence-electron chi connectivity index (χ2n) is 5.84. The van der Waals surface area contributed by atoms with Gasteiger partial charge in [0.1, 0.15) is 0 Å². The van der Waals surface area contributed by atoms with E-state index in [-0.39, 0.29) is 17.4 Å². The van der Waals surface area contributed by atoms with E-state index in [4.69, 9.17) is 4.74 Å². The number of hydrogen-bond donors (Lipinski definition) is 0. The molecule has 1 unspecified atom stereocenters. The predicted molar refractivity (Wildman–Crippen MR) is 71.3 cm³/mol. The Bertz CT molecular complexity index is 480. The first kappa shape index (κ1) is 13.5. The lowest BCUT2D eigenvalue weighted by atomic mass is 9.83. The third-order valence-corrected chi connectivity index (χ3v) is 4.43. The van der Waals surface area contributed by atoms with Gasteiger partial charge in [-0.2, -0.15) is 0 Å². The maximum Gasteiger partial charge on any atom is 0.360 e. The van der Waals surface area contributed by atoms with E-state index in [0.717, 1.165) is 12.8 Å². The highest BCUT2D eigenvalue weighted by molar-refractivity contribution is 5.86. The standard InChI is InChI=1S/C14H21N3O3/c1-19-13(18)12-10-17(16-15-12)9-11-5-8-14(20-11)6-3-2-4-7-14/h10-11H,2-9H2,1H3. The molecule has 2 heterocycles. The third-order valence-electron chi connectivity index (χ3n) is 4.43. The van der Waals surface area contributed by atoms with E-state index in [2.05, 4.69) is 15.0 Å². The molecular formula is C14H21N3O3. The van der Waals surface area contributed by atoms with Crippen molar-refractivity contribution in [2.24, 2.45) is 0 Å². The van der Waals surface area contributed by atoms with Crippen molar-refractivity contribution in [3.63, 3.8) is 0 Å². The van der Waals surface area contributed by atoms with E-state index in [0.29, 0.717) is 6.54 Å². The number of carbonyl (C=O) groups excluding carboxylic acids is 1. The number of esters is 1. The molecule has 1 saturated carbocycles. The first-order valence-electron chi connectivity index (χ1n) is 7.37. The Morgan fingerprint density at radius 3 is 3.00 bits per heavy atom. The molecule has 1 aromatic heterocycles. The van der Waals surface area contributed by atoms with Crippen LogP contribution in [0.2, 0.25) is 0 Å². The molecule has 3 rings (SSSR count). The molecule has 1 aliphatic carbocycles. The van der Waals surface area contributed by atoms with Gasteiger partial charge in [0, 0.05) is 0 Å². The zero-order valence-corrected chi connectivity index (χ0v) is 11.9. The molecule has 1 aliphatic heterocycles. The van der Waals surface area contributed by atoms with Gasteiger partial charge in [0.2, 0.25) is 0 Å². The van der Waals surface area contributed by atoms with Crippen LogP contribution >= 0.6 is 0 Å². The minimum Gasteiger partial charge on any atom is -0.464 e. The van der Waals surface area contributed by atoms with E-state index in [1.807, 2.05) is 0 Å². The van der Waals surface area contributed by atoms with Gasteiger partial charge in [-0.05, 0) is 25.7 Å². The number of carbonyl (C=O) groups is 1. The molecule has 2 fully saturated rings. The Kier molecular flexibility index (Phi) is 3.74. The second kappa shape index (κ2) is 5.52. The van der Waals surface area contributed by atoms with Crippen molar-refractivity contribution in [1.82, 2.24) is 15.0 Å². The van der Waals surface area contributed by atoms with Crippen molar-refractivity contribution in [3.05, 3.63) is 11.9 Å². The van der Waals surface area contributed by atoms with E-state index < -0.39 is 5.97 Å². The zero-order valence-electron chi connectivity index (χ0n) is 11.9. The molecule has 2 aliphatic rings. The normalized spacial score (nSPS) is 24.9. The highest BCUT2D eigenvalue weighted by Crippen LogP contribution is 2.42. The molecule has 1 atom stereocenters. The first-order valence-corrected chi connectivity index (χ1v) is 7.37. The lowest BCUT2D eigenvalue weighted by molar-refractivity contribution is -0.0689. The van der Waals surface area contributed by atoms with Crippen molar-refractivity contribution in [2.45, 2.75) is 63.2 Å². The van der Waals surface area contributed by atoms with E-state index in [1.165, 1.54) is 39.2 Å². The number of aromatic nitrogens is 3. The van der Waals surface area contributed by atoms with E-state index in [1.54, 1.807) is 10.9 Å². The molecule has 1 spiro atoms. The topological polar surface area (TPSA) is 66.2 Å². The Morgan fingerprint density at radius 1 is 1.45 bits per heavy atom. The van der Waals surface area contributed by atoms with E-state index in [9.17, 15) is 4.79 Å². The van der Waals surface area contributed by atoms with Gasteiger partial charge in [-0.15, -0.1) is 5.10 Å². The fourth-order valence-electron chi connectivity index (χ4n) is 3.38. The SMILES string of the molecule is COC(=O)c1cn(CC2CCC3(CCCCC3)O2)nn1. The molecule has 0 amide bonds. The number of ether oxygens (including phenoxy) is 2. The number of nitrogens with zero attached hydrogens (tertiary/aromatic N) is 3. The maximum absolute atomic E-state index is 11.3. The van der Waals surface area contributed by atoms with Crippen LogP contribution in [0.15, 0.2) is 6.20 Å². The van der Waals surface area contributed by atoms with Gasteiger partial charge in [-0.3, -0.25) is 0 Å². The maximum atomic E-state index is 11.3. The van der Waals surface area contributed by atoms with Crippen LogP contribution in [0.5, 0.6) is 0 Å². The fourth-order valence-corrected chi connectivity index (χ4v) is 3.38. The summed E-state index contributed by atoms with van der Waals surface area (Å²) < 4.78 is 12.6. The van der Waals surface area contributed by atoms with Gasteiger partial charge in [-0.1, -0.05) is 24.5 Å². The minimum absolute atomic E-state index is 0.120. The Morgan fingerprint density at radius 2 is 2.25 bits per heavy atom. The molecule has 0 N–H and O–H groups in total. The largest absolute Gasteiger partial charge is 0.464 e. The fraction of sp³-hybridized carbons (Fsp3) is 0.786. The lowest BCUT2D eigenvalue weighted by Gasteiger charge is -2.33. The van der Waals surface area contributed by atoms with Crippen molar-refractivity contribution >= 4 is 5.97 Å². The summed E-state index contributed by atoms with van der Waals surface area (Å²) in [6.07, 6.45) is 10.3. The molecule has 1 saturated heterocycles. The van der Waals surface area contributed by atoms with E-state index >= 15 is 0 Å². The van der Waals surface area contributed by atoms with Crippen molar-refractivity contribution in [1.29, 1.82) is 0 Å². The van der Waals surface area contributed by atoms with Gasteiger partial charge in [0.25, 0.3) is 0 Å². The van der Waals surface area contributed by atoms with Crippen LogP contribution in [-0.4, -0.2) is 39.8 Å². The summed E-state index contributed by atoms with van der Waals surface area (Å²) in [6, 6.07) is 0. The van der Waals surface area contributed by atoms with Gasteiger partial charge in [0.05, 0.1) is 31.6 Å². The van der Waals surface area contributed by atoms with Gasteiger partial charge in [0.15, 0.2) is 5.69 Å². The molecule has 6 heteroatoms. The predicted octanol–water partition coefficient (Wildman–Crippen LogP) is 1.95. The van der Waals surface area contributed by atoms with Crippen LogP contribution < -0.4 is 0 Å². The molecule has 0 aromatic carbocycles. The summed E-state index contributed by atoms with van der Waals surface area (Å²) in [7, 11) is 1.34. The number of rotatable bonds is 3. The third kappa shape index (κ3) is 2.70. The molecule has 110 valence electrons. The molecule has 1 aromatic rings. The summed E-state index contributed by atoms with van der Waals surface area (Å²) in [5, 5.41) is 7.78. The lowest BCUT2D eigenvalue weighted by Crippen LogP contribution is -2.32. The molecule has 0 radical (unpaired) electrons. The number of hydrogen-bond acceptors (Lipinski definition) is 5. The van der Waals surface area contributed by atoms with Gasteiger partial charge >= 0.3 is 5.97 Å². The minimum atomic E-state index is -0.452. The summed E-state index contributed by atoms with van der Waals surface area (Å²) >= 11 is 0. The number of methoxy groups -OCH3 is 1. The van der Waals surface area contributed by atoms with Crippen LogP contribution in [0, 0.1) is 0 Å². The summed E-state index contributed by atoms with van der Waals surface area (Å²) in [5.41, 5.74) is 0.368. The molecular weight excluding hydrogens is 258 g/mol. The average molecular weight is 279 g/mol. The van der Waals surface area contributed by atoms with Crippen LogP contribution in [0.4, 0.5) is 0 Å². The summed E-state index contributed by atoms with van der Waals surface area (Å²) in [6.45, 7) is 0.658. The first-order chi connectivity index (χ1) is 9.71. The zero-order chi connectivity index (χ0) is 14.0. The summed E-state index contributed by atoms with van der Waals surface area (Å²) in [4.78, 5) is 11.3. The van der Waals surface area contributed by atoms with Gasteiger partial charge in [-0.25, -0.2) is 9.48 Å². The van der Waals surface area contributed by atoms with Crippen LogP contribution in [0.3, 0.4) is 0 Å². The smallest absolute Gasteiger partial charge is 0.360 e. The Balaban J connectivity index is 1.59. The Labute approximate surface area is 118 Å². The van der Waals surface area contributed by atoms with Crippen LogP contribution in [0.25, 0.3) is 0 Å². The van der Waals surface area contributed by atoms with Crippen molar-refractivity contribution < 1.29 is 14.3 Å². The average Bonchev–Trinajstić information content (AvgIpc) is 3.07. The Hall–Kier alpha value is -1.43. The monoisotopic (exact) mass is 279 g/mol. The van der Waals surface area contributed by atoms with Gasteiger partial charge < -0.3 is 9.47 Å². The summed E-state index contributed by atoms with van der Waals surface area (Å²) in [5.74, 6) is -0.452. The molecule has 6 nitrogen and oxygen atoms in total. The van der Waals surface area contributed by atoms with Crippen LogP contribution in [0.1, 0.15) is 55.4 Å². The van der Waals surface area contributed by atoms with Crippen molar-refractivity contribution in [3.8, 4) is 0 Å². The quantitative estimate of drug-likeness (QED) is 0.791. The highest BCUT2D eigenvalue weighted by atomic mass is 16.5. The molecule has 20 heavy (non-hydrogen) atoms. The molecule has 0 bridgehead atoms. The van der Waals surface area contributed by atoms with Crippen molar-refractivity contribution in [2.75, 3.05) is 7.11 Å². The second-order valence-corrected chi connectivity index (χ2v) is 5.84. The highest BCUT2D eigenvalue weighted by Gasteiger charge is 2.40. The van der Waals surface area contributed by atoms with Crippen LogP contribution in [-0.2, 0) is 16.0 Å².